The maximum Gasteiger partial charge on any atom is 0.259 e. The highest BCUT2D eigenvalue weighted by atomic mass is 32.2. The number of piperidine rings is 1. The van der Waals surface area contributed by atoms with E-state index in [1.807, 2.05) is 30.3 Å². The van der Waals surface area contributed by atoms with Gasteiger partial charge >= 0.3 is 0 Å². The molecular formula is C27H29N5O4S. The van der Waals surface area contributed by atoms with Crippen LogP contribution in [-0.2, 0) is 10.0 Å². The molecule has 0 radical (unpaired) electrons. The number of anilines is 2. The van der Waals surface area contributed by atoms with E-state index in [-0.39, 0.29) is 11.3 Å². The summed E-state index contributed by atoms with van der Waals surface area (Å²) in [6.45, 7) is 2.78. The molecule has 1 saturated heterocycles. The smallest absolute Gasteiger partial charge is 0.259 e. The molecule has 1 aliphatic rings. The Bertz CT molecular complexity index is 1580. The number of hydrogen-bond acceptors (Lipinski definition) is 7. The molecule has 0 bridgehead atoms. The maximum atomic E-state index is 12.7. The summed E-state index contributed by atoms with van der Waals surface area (Å²) in [6, 6.07) is 13.6. The van der Waals surface area contributed by atoms with Crippen LogP contribution in [0.1, 0.15) is 31.2 Å². The molecule has 1 aliphatic heterocycles. The van der Waals surface area contributed by atoms with E-state index in [2.05, 4.69) is 27.4 Å². The highest BCUT2D eigenvalue weighted by Gasteiger charge is 2.27. The third kappa shape index (κ3) is 5.21. The Morgan fingerprint density at radius 3 is 2.57 bits per heavy atom. The van der Waals surface area contributed by atoms with E-state index in [0.717, 1.165) is 29.5 Å². The minimum atomic E-state index is -3.14. The molecular weight excluding hydrogens is 490 g/mol. The van der Waals surface area contributed by atoms with Crippen LogP contribution in [-0.4, -0.2) is 53.6 Å². The van der Waals surface area contributed by atoms with Gasteiger partial charge < -0.3 is 15.0 Å². The largest absolute Gasteiger partial charge is 0.495 e. The van der Waals surface area contributed by atoms with Crippen LogP contribution in [0, 0.1) is 0 Å². The SMILES string of the molecule is CCS(=O)(=O)N1CCC(c2ccc(Nc3nc(-c4cncc(OC)c4)cc4cc[nH]c(=O)c34)cc2)CC1. The van der Waals surface area contributed by atoms with E-state index in [1.54, 1.807) is 36.9 Å². The van der Waals surface area contributed by atoms with E-state index in [0.29, 0.717) is 41.7 Å². The Labute approximate surface area is 215 Å². The van der Waals surface area contributed by atoms with Crippen molar-refractivity contribution in [3.63, 3.8) is 0 Å². The summed E-state index contributed by atoms with van der Waals surface area (Å²) in [5, 5.41) is 4.54. The van der Waals surface area contributed by atoms with E-state index in [9.17, 15) is 13.2 Å². The van der Waals surface area contributed by atoms with Crippen LogP contribution in [0.3, 0.4) is 0 Å². The number of aromatic nitrogens is 3. The first-order valence-corrected chi connectivity index (χ1v) is 13.9. The summed E-state index contributed by atoms with van der Waals surface area (Å²) in [4.78, 5) is 24.4. The minimum absolute atomic E-state index is 0.138. The van der Waals surface area contributed by atoms with Crippen molar-refractivity contribution in [3.8, 4) is 17.0 Å². The molecule has 1 aromatic carbocycles. The number of nitrogens with zero attached hydrogens (tertiary/aromatic N) is 3. The van der Waals surface area contributed by atoms with Gasteiger partial charge in [-0.2, -0.15) is 0 Å². The molecule has 4 aromatic rings. The molecule has 3 aromatic heterocycles. The summed E-state index contributed by atoms with van der Waals surface area (Å²) in [7, 11) is -1.56. The fourth-order valence-electron chi connectivity index (χ4n) is 4.75. The summed E-state index contributed by atoms with van der Waals surface area (Å²) in [5.41, 5.74) is 3.18. The maximum absolute atomic E-state index is 12.7. The lowest BCUT2D eigenvalue weighted by atomic mass is 9.90. The van der Waals surface area contributed by atoms with Gasteiger partial charge in [-0.05, 0) is 67.0 Å². The van der Waals surface area contributed by atoms with Crippen LogP contribution in [0.15, 0.2) is 65.8 Å². The van der Waals surface area contributed by atoms with Gasteiger partial charge in [0.15, 0.2) is 0 Å². The zero-order valence-electron chi connectivity index (χ0n) is 20.8. The highest BCUT2D eigenvalue weighted by molar-refractivity contribution is 7.89. The first kappa shape index (κ1) is 24.9. The number of hydrogen-bond donors (Lipinski definition) is 2. The quantitative estimate of drug-likeness (QED) is 0.374. The molecule has 10 heteroatoms. The zero-order chi connectivity index (χ0) is 26.0. The highest BCUT2D eigenvalue weighted by Crippen LogP contribution is 2.32. The van der Waals surface area contributed by atoms with Crippen molar-refractivity contribution in [1.29, 1.82) is 0 Å². The number of aromatic amines is 1. The molecule has 4 heterocycles. The third-order valence-electron chi connectivity index (χ3n) is 6.86. The number of benzene rings is 1. The Balaban J connectivity index is 1.41. The molecule has 0 unspecified atom stereocenters. The van der Waals surface area contributed by atoms with Gasteiger partial charge in [0.1, 0.15) is 11.6 Å². The second kappa shape index (κ2) is 10.3. The van der Waals surface area contributed by atoms with Gasteiger partial charge in [-0.25, -0.2) is 17.7 Å². The molecule has 0 spiro atoms. The molecule has 0 atom stereocenters. The fourth-order valence-corrected chi connectivity index (χ4v) is 5.88. The standard InChI is InChI=1S/C27H29N5O4S/c1-3-37(34,35)32-12-9-19(10-13-32)18-4-6-22(7-5-18)30-26-25-20(8-11-29-27(25)33)15-24(31-26)21-14-23(36-2)17-28-16-21/h4-8,11,14-17,19H,3,9-10,12-13H2,1-2H3,(H,29,33)(H,30,31). The number of ether oxygens (including phenoxy) is 1. The van der Waals surface area contributed by atoms with E-state index >= 15 is 0 Å². The minimum Gasteiger partial charge on any atom is -0.495 e. The lowest BCUT2D eigenvalue weighted by Gasteiger charge is -2.31. The van der Waals surface area contributed by atoms with Crippen LogP contribution >= 0.6 is 0 Å². The number of pyridine rings is 3. The van der Waals surface area contributed by atoms with Gasteiger partial charge in [0.25, 0.3) is 5.56 Å². The molecule has 5 rings (SSSR count). The first-order chi connectivity index (χ1) is 17.9. The second-order valence-corrected chi connectivity index (χ2v) is 11.3. The van der Waals surface area contributed by atoms with Crippen LogP contribution in [0.4, 0.5) is 11.5 Å². The number of methoxy groups -OCH3 is 1. The Morgan fingerprint density at radius 1 is 1.11 bits per heavy atom. The van der Waals surface area contributed by atoms with Crippen molar-refractivity contribution in [2.24, 2.45) is 0 Å². The van der Waals surface area contributed by atoms with E-state index < -0.39 is 10.0 Å². The van der Waals surface area contributed by atoms with Gasteiger partial charge in [-0.1, -0.05) is 12.1 Å². The molecule has 192 valence electrons. The summed E-state index contributed by atoms with van der Waals surface area (Å²) in [5.74, 6) is 1.51. The monoisotopic (exact) mass is 519 g/mol. The lowest BCUT2D eigenvalue weighted by molar-refractivity contribution is 0.320. The van der Waals surface area contributed by atoms with Gasteiger partial charge in [0.05, 0.1) is 30.1 Å². The van der Waals surface area contributed by atoms with Crippen molar-refractivity contribution in [3.05, 3.63) is 77.0 Å². The average molecular weight is 520 g/mol. The van der Waals surface area contributed by atoms with Gasteiger partial charge in [-0.15, -0.1) is 0 Å². The number of rotatable bonds is 7. The van der Waals surface area contributed by atoms with Crippen molar-refractivity contribution in [2.75, 3.05) is 31.3 Å². The summed E-state index contributed by atoms with van der Waals surface area (Å²) in [6.07, 6.45) is 6.55. The molecule has 0 aliphatic carbocycles. The number of fused-ring (bicyclic) bond motifs is 1. The molecule has 0 saturated carbocycles. The van der Waals surface area contributed by atoms with Crippen LogP contribution in [0.5, 0.6) is 5.75 Å². The van der Waals surface area contributed by atoms with Crippen molar-refractivity contribution in [1.82, 2.24) is 19.3 Å². The number of H-pyrrole nitrogens is 1. The fraction of sp³-hybridized carbons (Fsp3) is 0.296. The van der Waals surface area contributed by atoms with Crippen LogP contribution in [0.2, 0.25) is 0 Å². The van der Waals surface area contributed by atoms with Crippen molar-refractivity contribution < 1.29 is 13.2 Å². The lowest BCUT2D eigenvalue weighted by Crippen LogP contribution is -2.38. The van der Waals surface area contributed by atoms with Gasteiger partial charge in [0.2, 0.25) is 10.0 Å². The zero-order valence-corrected chi connectivity index (χ0v) is 21.6. The van der Waals surface area contributed by atoms with Crippen LogP contribution < -0.4 is 15.6 Å². The summed E-state index contributed by atoms with van der Waals surface area (Å²) < 4.78 is 31.2. The summed E-state index contributed by atoms with van der Waals surface area (Å²) >= 11 is 0. The molecule has 0 amide bonds. The molecule has 37 heavy (non-hydrogen) atoms. The Hall–Kier alpha value is -3.76. The molecule has 1 fully saturated rings. The Morgan fingerprint density at radius 2 is 1.86 bits per heavy atom. The predicted octanol–water partition coefficient (Wildman–Crippen LogP) is 4.27. The van der Waals surface area contributed by atoms with Crippen molar-refractivity contribution in [2.45, 2.75) is 25.7 Å². The van der Waals surface area contributed by atoms with Crippen molar-refractivity contribution >= 4 is 32.3 Å². The van der Waals surface area contributed by atoms with E-state index in [4.69, 9.17) is 9.72 Å². The van der Waals surface area contributed by atoms with E-state index in [1.165, 1.54) is 5.56 Å². The predicted molar refractivity (Wildman–Crippen MR) is 145 cm³/mol. The van der Waals surface area contributed by atoms with Gasteiger partial charge in [0, 0.05) is 36.7 Å². The topological polar surface area (TPSA) is 117 Å². The molecule has 2 N–H and O–H groups in total. The van der Waals surface area contributed by atoms with Gasteiger partial charge in [-0.3, -0.25) is 9.78 Å². The van der Waals surface area contributed by atoms with Crippen LogP contribution in [0.25, 0.3) is 22.0 Å². The average Bonchev–Trinajstić information content (AvgIpc) is 2.93. The third-order valence-corrected chi connectivity index (χ3v) is 8.74. The Kier molecular flexibility index (Phi) is 6.94. The normalized spacial score (nSPS) is 15.1. The number of sulfonamides is 1. The second-order valence-electron chi connectivity index (χ2n) is 9.06. The number of nitrogens with one attached hydrogen (secondary N) is 2. The molecule has 9 nitrogen and oxygen atoms in total. The first-order valence-electron chi connectivity index (χ1n) is 12.2.